The fourth-order valence-corrected chi connectivity index (χ4v) is 0.0821. The van der Waals surface area contributed by atoms with Crippen LogP contribution in [0.25, 0.3) is 0 Å². The van der Waals surface area contributed by atoms with Crippen molar-refractivity contribution in [3.63, 3.8) is 0 Å². The van der Waals surface area contributed by atoms with Crippen molar-refractivity contribution in [2.45, 2.75) is 0 Å². The van der Waals surface area contributed by atoms with Crippen molar-refractivity contribution < 1.29 is 9.63 Å². The highest BCUT2D eigenvalue weighted by Gasteiger charge is 1.64. The van der Waals surface area contributed by atoms with Crippen LogP contribution in [0.5, 0.6) is 0 Å². The van der Waals surface area contributed by atoms with Gasteiger partial charge in [0.05, 0.1) is 6.61 Å². The molecular weight excluding hydrogens is 82.0 g/mol. The Morgan fingerprint density at radius 2 is 2.67 bits per heavy atom. The highest BCUT2D eigenvalue weighted by Crippen LogP contribution is 1.55. The Kier molecular flexibility index (Phi) is 3.91. The Bertz CT molecular complexity index is 65.2. The molecule has 0 aromatic rings. The van der Waals surface area contributed by atoms with Crippen molar-refractivity contribution in [2.75, 3.05) is 6.61 Å². The van der Waals surface area contributed by atoms with Crippen molar-refractivity contribution in [3.05, 3.63) is 6.08 Å². The number of hydrogen-bond acceptors (Lipinski definition) is 3. The molecule has 0 atom stereocenters. The first-order valence-electron chi connectivity index (χ1n) is 1.43. The van der Waals surface area contributed by atoms with Gasteiger partial charge in [-0.25, -0.2) is 10.7 Å². The Labute approximate surface area is 35.3 Å². The Morgan fingerprint density at radius 3 is 2.83 bits per heavy atom. The normalized spacial score (nSPS) is 6.83. The van der Waals surface area contributed by atoms with Gasteiger partial charge in [-0.15, -0.1) is 0 Å². The Balaban J connectivity index is 2.86. The molecule has 0 radical (unpaired) electrons. The van der Waals surface area contributed by atoms with E-state index < -0.39 is 0 Å². The van der Waals surface area contributed by atoms with Crippen molar-refractivity contribution in [2.24, 2.45) is 5.90 Å². The maximum absolute atomic E-state index is 9.25. The van der Waals surface area contributed by atoms with E-state index in [9.17, 15) is 4.79 Å². The molecule has 0 aliphatic heterocycles. The molecule has 0 fully saturated rings. The van der Waals surface area contributed by atoms with Crippen LogP contribution in [0.4, 0.5) is 0 Å². The van der Waals surface area contributed by atoms with Gasteiger partial charge in [0.15, 0.2) is 0 Å². The Morgan fingerprint density at radius 1 is 2.00 bits per heavy atom. The number of nitrogens with two attached hydrogens (primary N) is 1. The van der Waals surface area contributed by atoms with E-state index in [1.54, 1.807) is 0 Å². The molecular formula is C3H5NO2. The Hall–Kier alpha value is -0.630. The molecule has 34 valence electrons. The third-order valence-corrected chi connectivity index (χ3v) is 0.263. The van der Waals surface area contributed by atoms with Gasteiger partial charge in [-0.3, -0.25) is 4.84 Å². The van der Waals surface area contributed by atoms with Gasteiger partial charge in [-0.1, -0.05) is 0 Å². The fraction of sp³-hybridized carbons (Fsp3) is 0.333. The molecule has 0 heterocycles. The molecule has 0 saturated heterocycles. The average molecular weight is 87.1 g/mol. The van der Waals surface area contributed by atoms with Crippen molar-refractivity contribution in [1.82, 2.24) is 0 Å². The number of hydrogen-bond donors (Lipinski definition) is 1. The second-order valence-electron chi connectivity index (χ2n) is 0.655. The number of carbonyl (C=O) groups excluding carboxylic acids is 1. The fourth-order valence-electron chi connectivity index (χ4n) is 0.0821. The van der Waals surface area contributed by atoms with Gasteiger partial charge in [-0.05, 0) is 0 Å². The third-order valence-electron chi connectivity index (χ3n) is 0.263. The summed E-state index contributed by atoms with van der Waals surface area (Å²) in [6, 6.07) is 0. The van der Waals surface area contributed by atoms with E-state index in [1.165, 1.54) is 5.94 Å². The summed E-state index contributed by atoms with van der Waals surface area (Å²) in [5, 5.41) is 0. The molecule has 0 saturated carbocycles. The van der Waals surface area contributed by atoms with Gasteiger partial charge in [0.2, 0.25) is 0 Å². The molecule has 0 spiro atoms. The van der Waals surface area contributed by atoms with Crippen molar-refractivity contribution in [1.29, 1.82) is 0 Å². The monoisotopic (exact) mass is 87.0 g/mol. The minimum Gasteiger partial charge on any atom is -0.300 e. The zero-order valence-corrected chi connectivity index (χ0v) is 3.18. The van der Waals surface area contributed by atoms with Gasteiger partial charge in [0.25, 0.3) is 0 Å². The van der Waals surface area contributed by atoms with E-state index in [1.807, 2.05) is 0 Å². The molecule has 0 aliphatic carbocycles. The SMILES string of the molecule is NOCC=C=O. The summed E-state index contributed by atoms with van der Waals surface area (Å²) >= 11 is 0. The summed E-state index contributed by atoms with van der Waals surface area (Å²) in [4.78, 5) is 13.2. The minimum absolute atomic E-state index is 0.142. The smallest absolute Gasteiger partial charge is 0.122 e. The van der Waals surface area contributed by atoms with E-state index in [-0.39, 0.29) is 6.61 Å². The van der Waals surface area contributed by atoms with Crippen molar-refractivity contribution in [3.8, 4) is 0 Å². The summed E-state index contributed by atoms with van der Waals surface area (Å²) in [5.74, 6) is 5.99. The highest BCUT2D eigenvalue weighted by atomic mass is 16.6. The molecule has 0 unspecified atom stereocenters. The van der Waals surface area contributed by atoms with Crippen LogP contribution in [-0.4, -0.2) is 12.5 Å². The molecule has 0 amide bonds. The van der Waals surface area contributed by atoms with Gasteiger partial charge < -0.3 is 0 Å². The second kappa shape index (κ2) is 4.37. The first-order valence-corrected chi connectivity index (χ1v) is 1.43. The maximum Gasteiger partial charge on any atom is 0.122 e. The summed E-state index contributed by atoms with van der Waals surface area (Å²) in [7, 11) is 0. The molecule has 0 bridgehead atoms. The summed E-state index contributed by atoms with van der Waals surface area (Å²) in [5.41, 5.74) is 0. The first kappa shape index (κ1) is 5.37. The van der Waals surface area contributed by atoms with Crippen LogP contribution in [0.15, 0.2) is 6.08 Å². The van der Waals surface area contributed by atoms with Crippen LogP contribution in [0, 0.1) is 0 Å². The standard InChI is InChI=1S/C3H5NO2/c4-6-3-1-2-5/h1H,3-4H2. The molecule has 3 nitrogen and oxygen atoms in total. The van der Waals surface area contributed by atoms with Gasteiger partial charge in [0, 0.05) is 6.08 Å². The lowest BCUT2D eigenvalue weighted by Gasteiger charge is -1.77. The molecule has 0 rings (SSSR count). The summed E-state index contributed by atoms with van der Waals surface area (Å²) in [6.45, 7) is 0.142. The summed E-state index contributed by atoms with van der Waals surface area (Å²) < 4.78 is 0. The minimum atomic E-state index is 0.142. The van der Waals surface area contributed by atoms with E-state index in [0.29, 0.717) is 0 Å². The van der Waals surface area contributed by atoms with Crippen LogP contribution < -0.4 is 5.90 Å². The largest absolute Gasteiger partial charge is 0.300 e. The molecule has 3 heteroatoms. The zero-order valence-electron chi connectivity index (χ0n) is 3.18. The van der Waals surface area contributed by atoms with E-state index >= 15 is 0 Å². The van der Waals surface area contributed by atoms with Crippen LogP contribution in [0.1, 0.15) is 0 Å². The lowest BCUT2D eigenvalue weighted by Crippen LogP contribution is -1.96. The average Bonchev–Trinajstić information content (AvgIpc) is 1.61. The molecule has 0 aromatic heterocycles. The topological polar surface area (TPSA) is 52.3 Å². The van der Waals surface area contributed by atoms with Gasteiger partial charge in [-0.2, -0.15) is 0 Å². The maximum atomic E-state index is 9.25. The third kappa shape index (κ3) is 3.37. The first-order chi connectivity index (χ1) is 2.91. The highest BCUT2D eigenvalue weighted by molar-refractivity contribution is 5.44. The van der Waals surface area contributed by atoms with Crippen LogP contribution in [-0.2, 0) is 9.63 Å². The quantitative estimate of drug-likeness (QED) is 0.356. The molecule has 6 heavy (non-hydrogen) atoms. The molecule has 0 aromatic carbocycles. The van der Waals surface area contributed by atoms with Gasteiger partial charge in [0.1, 0.15) is 5.94 Å². The van der Waals surface area contributed by atoms with E-state index in [4.69, 9.17) is 0 Å². The van der Waals surface area contributed by atoms with E-state index in [0.717, 1.165) is 6.08 Å². The molecule has 0 aliphatic rings. The number of rotatable bonds is 2. The second-order valence-corrected chi connectivity index (χ2v) is 0.655. The van der Waals surface area contributed by atoms with Gasteiger partial charge >= 0.3 is 0 Å². The van der Waals surface area contributed by atoms with Crippen LogP contribution in [0.3, 0.4) is 0 Å². The zero-order chi connectivity index (χ0) is 4.83. The summed E-state index contributed by atoms with van der Waals surface area (Å²) in [6.07, 6.45) is 1.15. The predicted octanol–water partition coefficient (Wildman–Crippen LogP) is -0.736. The van der Waals surface area contributed by atoms with Crippen LogP contribution >= 0.6 is 0 Å². The van der Waals surface area contributed by atoms with E-state index in [2.05, 4.69) is 10.7 Å². The lowest BCUT2D eigenvalue weighted by atomic mass is 10.7. The molecule has 2 N–H and O–H groups in total. The van der Waals surface area contributed by atoms with Crippen LogP contribution in [0.2, 0.25) is 0 Å². The predicted molar refractivity (Wildman–Crippen MR) is 20.4 cm³/mol. The van der Waals surface area contributed by atoms with Crippen molar-refractivity contribution >= 4 is 5.94 Å². The lowest BCUT2D eigenvalue weighted by molar-refractivity contribution is 0.168.